The number of nitriles is 1. The highest BCUT2D eigenvalue weighted by atomic mass is 35.5. The second-order valence-corrected chi connectivity index (χ2v) is 9.05. The predicted molar refractivity (Wildman–Crippen MR) is 94.5 cm³/mol. The number of nitrogens with zero attached hydrogens (tertiary/aromatic N) is 1. The predicted octanol–water partition coefficient (Wildman–Crippen LogP) is 3.25. The Morgan fingerprint density at radius 1 is 1.43 bits per heavy atom. The number of alkyl halides is 3. The van der Waals surface area contributed by atoms with Crippen molar-refractivity contribution in [2.24, 2.45) is 5.92 Å². The molecule has 0 aliphatic heterocycles. The lowest BCUT2D eigenvalue weighted by Crippen LogP contribution is -2.31. The molecule has 1 aliphatic rings. The van der Waals surface area contributed by atoms with Gasteiger partial charge in [-0.25, -0.2) is 8.42 Å². The first kappa shape index (κ1) is 22.3. The molecule has 1 aliphatic carbocycles. The van der Waals surface area contributed by atoms with E-state index in [9.17, 15) is 26.4 Å². The minimum Gasteiger partial charge on any atom is -0.481 e. The molecule has 1 amide bonds. The Kier molecular flexibility index (Phi) is 6.83. The fourth-order valence-corrected chi connectivity index (χ4v) is 5.34. The van der Waals surface area contributed by atoms with Crippen molar-refractivity contribution in [3.63, 3.8) is 0 Å². The smallest absolute Gasteiger partial charge is 0.425 e. The number of benzene rings is 1. The number of hydrogen-bond acceptors (Lipinski definition) is 5. The molecule has 2 rings (SSSR count). The van der Waals surface area contributed by atoms with Crippen LogP contribution in [-0.4, -0.2) is 38.4 Å². The molecule has 0 radical (unpaired) electrons. The molecule has 154 valence electrons. The molecule has 11 heteroatoms. The molecular weight excluding hydrogens is 421 g/mol. The lowest BCUT2D eigenvalue weighted by atomic mass is 10.1. The monoisotopic (exact) mass is 438 g/mol. The van der Waals surface area contributed by atoms with Gasteiger partial charge in [-0.05, 0) is 38.3 Å². The molecule has 0 unspecified atom stereocenters. The summed E-state index contributed by atoms with van der Waals surface area (Å²) >= 11 is 6.00. The average molecular weight is 439 g/mol. The van der Waals surface area contributed by atoms with Crippen molar-refractivity contribution in [3.8, 4) is 11.8 Å². The zero-order valence-corrected chi connectivity index (χ0v) is 16.4. The van der Waals surface area contributed by atoms with Gasteiger partial charge in [-0.1, -0.05) is 11.6 Å². The van der Waals surface area contributed by atoms with Gasteiger partial charge in [0.15, 0.2) is 15.9 Å². The van der Waals surface area contributed by atoms with Gasteiger partial charge in [-0.3, -0.25) is 4.79 Å². The van der Waals surface area contributed by atoms with Crippen molar-refractivity contribution < 1.29 is 31.1 Å². The number of nitrogens with one attached hydrogen (secondary N) is 1. The molecule has 1 aromatic carbocycles. The van der Waals surface area contributed by atoms with E-state index in [4.69, 9.17) is 21.6 Å². The van der Waals surface area contributed by atoms with Gasteiger partial charge in [0.05, 0.1) is 21.2 Å². The molecule has 0 spiro atoms. The van der Waals surface area contributed by atoms with Crippen molar-refractivity contribution in [2.45, 2.75) is 48.6 Å². The highest BCUT2D eigenvalue weighted by Crippen LogP contribution is 2.37. The Morgan fingerprint density at radius 3 is 2.68 bits per heavy atom. The molecule has 0 heterocycles. The van der Waals surface area contributed by atoms with Crippen LogP contribution in [0.4, 0.5) is 13.2 Å². The molecule has 1 N–H and O–H groups in total. The van der Waals surface area contributed by atoms with Crippen LogP contribution < -0.4 is 10.1 Å². The normalized spacial score (nSPS) is 21.0. The number of rotatable bonds is 6. The van der Waals surface area contributed by atoms with Gasteiger partial charge >= 0.3 is 6.18 Å². The van der Waals surface area contributed by atoms with E-state index in [-0.39, 0.29) is 41.0 Å². The molecule has 28 heavy (non-hydrogen) atoms. The molecular formula is C17H18ClF3N2O4S. The van der Waals surface area contributed by atoms with Crippen LogP contribution in [0.1, 0.15) is 26.2 Å². The maximum absolute atomic E-state index is 12.8. The molecule has 1 saturated carbocycles. The van der Waals surface area contributed by atoms with Gasteiger partial charge in [0, 0.05) is 12.0 Å². The lowest BCUT2D eigenvalue weighted by Gasteiger charge is -2.19. The standard InChI is InChI=1S/C17H18ClF3N2O4S/c1-10(17(19,20)21)27-12-3-5-15(14(18)9-12)28(25,26)13-4-2-11(8-13)16(24)23-7-6-22/h3,5,9-11,13H,2,4,7-8H2,1H3,(H,23,24)/t10-,11-,13-/m0/s1. The number of carbonyl (C=O) groups excluding carboxylic acids is 1. The molecule has 1 aromatic rings. The van der Waals surface area contributed by atoms with Crippen LogP contribution in [0.2, 0.25) is 5.02 Å². The summed E-state index contributed by atoms with van der Waals surface area (Å²) in [6.45, 7) is 0.672. The summed E-state index contributed by atoms with van der Waals surface area (Å²) in [5, 5.41) is 9.81. The van der Waals surface area contributed by atoms with Crippen molar-refractivity contribution in [1.82, 2.24) is 5.32 Å². The summed E-state index contributed by atoms with van der Waals surface area (Å²) in [6, 6.07) is 5.03. The summed E-state index contributed by atoms with van der Waals surface area (Å²) in [5.74, 6) is -1.11. The maximum Gasteiger partial charge on any atom is 0.425 e. The summed E-state index contributed by atoms with van der Waals surface area (Å²) in [4.78, 5) is 11.7. The van der Waals surface area contributed by atoms with E-state index in [1.54, 1.807) is 6.07 Å². The van der Waals surface area contributed by atoms with Crippen molar-refractivity contribution >= 4 is 27.3 Å². The fourth-order valence-electron chi connectivity index (χ4n) is 2.97. The Bertz CT molecular complexity index is 883. The highest BCUT2D eigenvalue weighted by Gasteiger charge is 2.40. The van der Waals surface area contributed by atoms with Gasteiger partial charge < -0.3 is 10.1 Å². The lowest BCUT2D eigenvalue weighted by molar-refractivity contribution is -0.189. The van der Waals surface area contributed by atoms with E-state index in [1.165, 1.54) is 0 Å². The van der Waals surface area contributed by atoms with Crippen molar-refractivity contribution in [1.29, 1.82) is 5.26 Å². The molecule has 0 saturated heterocycles. The van der Waals surface area contributed by atoms with E-state index in [1.807, 2.05) is 0 Å². The molecule has 3 atom stereocenters. The SMILES string of the molecule is C[C@H](Oc1ccc(S(=O)(=O)[C@H]2CC[C@H](C(=O)NCC#N)C2)c(Cl)c1)C(F)(F)F. The van der Waals surface area contributed by atoms with Gasteiger partial charge in [0.2, 0.25) is 5.91 Å². The highest BCUT2D eigenvalue weighted by molar-refractivity contribution is 7.92. The zero-order valence-electron chi connectivity index (χ0n) is 14.8. The Morgan fingerprint density at radius 2 is 2.11 bits per heavy atom. The molecule has 0 bridgehead atoms. The van der Waals surface area contributed by atoms with E-state index >= 15 is 0 Å². The summed E-state index contributed by atoms with van der Waals surface area (Å²) < 4.78 is 68.2. The van der Waals surface area contributed by atoms with Gasteiger partial charge in [0.25, 0.3) is 0 Å². The van der Waals surface area contributed by atoms with Crippen molar-refractivity contribution in [2.75, 3.05) is 6.54 Å². The van der Waals surface area contributed by atoms with Gasteiger partial charge in [0.1, 0.15) is 12.3 Å². The fraction of sp³-hybridized carbons (Fsp3) is 0.529. The first-order chi connectivity index (χ1) is 13.0. The number of ether oxygens (including phenoxy) is 1. The average Bonchev–Trinajstić information content (AvgIpc) is 3.09. The van der Waals surface area contributed by atoms with Crippen LogP contribution in [-0.2, 0) is 14.6 Å². The van der Waals surface area contributed by atoms with Crippen LogP contribution >= 0.6 is 11.6 Å². The van der Waals surface area contributed by atoms with Gasteiger partial charge in [-0.15, -0.1) is 0 Å². The quantitative estimate of drug-likeness (QED) is 0.688. The number of sulfone groups is 1. The number of halogens is 4. The zero-order chi connectivity index (χ0) is 21.1. The second kappa shape index (κ2) is 8.57. The van der Waals surface area contributed by atoms with Crippen LogP contribution in [0.5, 0.6) is 5.75 Å². The largest absolute Gasteiger partial charge is 0.481 e. The topological polar surface area (TPSA) is 96.3 Å². The van der Waals surface area contributed by atoms with Crippen LogP contribution in [0.25, 0.3) is 0 Å². The summed E-state index contributed by atoms with van der Waals surface area (Å²) in [5.41, 5.74) is 0. The third-order valence-electron chi connectivity index (χ3n) is 4.52. The molecule has 0 aromatic heterocycles. The summed E-state index contributed by atoms with van der Waals surface area (Å²) in [6.07, 6.45) is -5.97. The van der Waals surface area contributed by atoms with Gasteiger partial charge in [-0.2, -0.15) is 18.4 Å². The van der Waals surface area contributed by atoms with E-state index in [2.05, 4.69) is 5.32 Å². The minimum atomic E-state index is -4.57. The number of carbonyl (C=O) groups is 1. The van der Waals surface area contributed by atoms with Crippen LogP contribution in [0, 0.1) is 17.2 Å². The summed E-state index contributed by atoms with van der Waals surface area (Å²) in [7, 11) is -3.88. The third-order valence-corrected chi connectivity index (χ3v) is 7.22. The van der Waals surface area contributed by atoms with E-state index < -0.39 is 33.3 Å². The Balaban J connectivity index is 2.14. The van der Waals surface area contributed by atoms with E-state index in [0.717, 1.165) is 25.1 Å². The first-order valence-electron chi connectivity index (χ1n) is 8.38. The third kappa shape index (κ3) is 5.08. The van der Waals surface area contributed by atoms with Crippen LogP contribution in [0.15, 0.2) is 23.1 Å². The minimum absolute atomic E-state index is 0.0826. The number of hydrogen-bond donors (Lipinski definition) is 1. The first-order valence-corrected chi connectivity index (χ1v) is 10.3. The van der Waals surface area contributed by atoms with Crippen molar-refractivity contribution in [3.05, 3.63) is 23.2 Å². The van der Waals surface area contributed by atoms with E-state index in [0.29, 0.717) is 6.42 Å². The molecule has 6 nitrogen and oxygen atoms in total. The number of amides is 1. The second-order valence-electron chi connectivity index (χ2n) is 6.45. The van der Waals surface area contributed by atoms with Crippen LogP contribution in [0.3, 0.4) is 0 Å². The Hall–Kier alpha value is -1.99. The molecule has 1 fully saturated rings. The maximum atomic E-state index is 12.8. The Labute approximate surface area is 165 Å².